The summed E-state index contributed by atoms with van der Waals surface area (Å²) in [6, 6.07) is 1.80. The van der Waals surface area contributed by atoms with Crippen LogP contribution in [-0.2, 0) is 30.4 Å². The number of hydrogen-bond acceptors (Lipinski definition) is 7. The van der Waals surface area contributed by atoms with Crippen LogP contribution in [0.5, 0.6) is 5.75 Å². The fraction of sp³-hybridized carbons (Fsp3) is 0.500. The van der Waals surface area contributed by atoms with Crippen molar-refractivity contribution in [3.63, 3.8) is 0 Å². The molecular formula is C22H31N5O7. The monoisotopic (exact) mass is 477 g/mol. The molecule has 12 heteroatoms. The summed E-state index contributed by atoms with van der Waals surface area (Å²) in [6.45, 7) is 2.09. The van der Waals surface area contributed by atoms with E-state index in [0.717, 1.165) is 6.42 Å². The Bertz CT molecular complexity index is 921. The molecule has 0 saturated carbocycles. The first-order chi connectivity index (χ1) is 16.0. The molecule has 1 aromatic carbocycles. The maximum atomic E-state index is 13.0. The number of carboxylic acid groups (broad SMARTS) is 1. The molecule has 0 bridgehead atoms. The largest absolute Gasteiger partial charge is 0.508 e. The van der Waals surface area contributed by atoms with E-state index in [1.165, 1.54) is 19.1 Å². The molecule has 1 aliphatic heterocycles. The second-order valence-corrected chi connectivity index (χ2v) is 8.36. The van der Waals surface area contributed by atoms with Crippen molar-refractivity contribution in [1.29, 1.82) is 0 Å². The minimum atomic E-state index is -1.41. The van der Waals surface area contributed by atoms with Crippen LogP contribution >= 0.6 is 0 Å². The standard InChI is InChI=1S/C22H31N5O7/c1-12(19(23)31)24-20(32)15(10-13-5-7-14(28)8-6-13)25-21(33)16(11-18(29)30)26-22(34)17-4-3-9-27(17)2/h5-8,12,15-17,28H,3-4,9-11H2,1-2H3,(H2,23,31)(H,24,32)(H,25,33)(H,26,34)(H,29,30). The molecule has 1 aliphatic rings. The molecular weight excluding hydrogens is 446 g/mol. The molecule has 1 fully saturated rings. The number of likely N-dealkylation sites (N-methyl/N-ethyl adjacent to an activating group) is 1. The summed E-state index contributed by atoms with van der Waals surface area (Å²) in [5.41, 5.74) is 5.78. The van der Waals surface area contributed by atoms with Gasteiger partial charge in [-0.25, -0.2) is 0 Å². The van der Waals surface area contributed by atoms with Crippen molar-refractivity contribution >= 4 is 29.6 Å². The van der Waals surface area contributed by atoms with Gasteiger partial charge in [-0.05, 0) is 51.1 Å². The van der Waals surface area contributed by atoms with Crippen molar-refractivity contribution < 1.29 is 34.2 Å². The number of nitrogens with zero attached hydrogens (tertiary/aromatic N) is 1. The number of phenolic OH excluding ortho intramolecular Hbond substituents is 1. The Kier molecular flexibility index (Phi) is 9.36. The number of nitrogens with one attached hydrogen (secondary N) is 3. The molecule has 4 unspecified atom stereocenters. The molecule has 0 aliphatic carbocycles. The number of hydrogen-bond donors (Lipinski definition) is 6. The summed E-state index contributed by atoms with van der Waals surface area (Å²) in [6.07, 6.45) is 0.680. The van der Waals surface area contributed by atoms with Gasteiger partial charge in [-0.2, -0.15) is 0 Å². The first-order valence-electron chi connectivity index (χ1n) is 10.9. The lowest BCUT2D eigenvalue weighted by atomic mass is 10.0. The second-order valence-electron chi connectivity index (χ2n) is 8.36. The lowest BCUT2D eigenvalue weighted by Crippen LogP contribution is -2.58. The number of likely N-dealkylation sites (tertiary alicyclic amines) is 1. The number of nitrogens with two attached hydrogens (primary N) is 1. The van der Waals surface area contributed by atoms with Gasteiger partial charge in [-0.1, -0.05) is 12.1 Å². The predicted octanol–water partition coefficient (Wildman–Crippen LogP) is -1.54. The predicted molar refractivity (Wildman–Crippen MR) is 120 cm³/mol. The molecule has 0 spiro atoms. The minimum absolute atomic E-state index is 0.0113. The van der Waals surface area contributed by atoms with Crippen molar-refractivity contribution in [3.05, 3.63) is 29.8 Å². The lowest BCUT2D eigenvalue weighted by Gasteiger charge is -2.25. The van der Waals surface area contributed by atoms with E-state index in [4.69, 9.17) is 5.73 Å². The van der Waals surface area contributed by atoms with E-state index < -0.39 is 60.2 Å². The Morgan fingerprint density at radius 3 is 2.21 bits per heavy atom. The zero-order valence-electron chi connectivity index (χ0n) is 19.1. The third kappa shape index (κ3) is 7.73. The van der Waals surface area contributed by atoms with Gasteiger partial charge in [0.05, 0.1) is 12.5 Å². The first-order valence-corrected chi connectivity index (χ1v) is 10.9. The molecule has 34 heavy (non-hydrogen) atoms. The van der Waals surface area contributed by atoms with Gasteiger partial charge in [-0.15, -0.1) is 0 Å². The van der Waals surface area contributed by atoms with E-state index >= 15 is 0 Å². The molecule has 4 amide bonds. The summed E-state index contributed by atoms with van der Waals surface area (Å²) in [4.78, 5) is 62.9. The number of aliphatic carboxylic acids is 1. The summed E-state index contributed by atoms with van der Waals surface area (Å²) < 4.78 is 0. The van der Waals surface area contributed by atoms with Crippen molar-refractivity contribution in [1.82, 2.24) is 20.9 Å². The number of carboxylic acids is 1. The van der Waals surface area contributed by atoms with Gasteiger partial charge < -0.3 is 31.9 Å². The van der Waals surface area contributed by atoms with E-state index in [1.807, 2.05) is 4.90 Å². The van der Waals surface area contributed by atoms with Gasteiger partial charge in [0.25, 0.3) is 0 Å². The Hall–Kier alpha value is -3.67. The van der Waals surface area contributed by atoms with Gasteiger partial charge >= 0.3 is 5.97 Å². The molecule has 12 nitrogen and oxygen atoms in total. The smallest absolute Gasteiger partial charge is 0.305 e. The Morgan fingerprint density at radius 2 is 1.68 bits per heavy atom. The molecule has 1 heterocycles. The maximum Gasteiger partial charge on any atom is 0.305 e. The molecule has 186 valence electrons. The fourth-order valence-electron chi connectivity index (χ4n) is 3.63. The molecule has 1 saturated heterocycles. The zero-order valence-corrected chi connectivity index (χ0v) is 19.1. The Balaban J connectivity index is 2.19. The van der Waals surface area contributed by atoms with Crippen LogP contribution in [0.4, 0.5) is 0 Å². The molecule has 1 aromatic rings. The van der Waals surface area contributed by atoms with Crippen LogP contribution in [0.15, 0.2) is 24.3 Å². The number of primary amides is 1. The third-order valence-corrected chi connectivity index (χ3v) is 5.63. The van der Waals surface area contributed by atoms with Crippen molar-refractivity contribution in [2.45, 2.75) is 56.8 Å². The Morgan fingerprint density at radius 1 is 1.06 bits per heavy atom. The van der Waals surface area contributed by atoms with E-state index in [-0.39, 0.29) is 12.2 Å². The van der Waals surface area contributed by atoms with Crippen LogP contribution in [0.25, 0.3) is 0 Å². The van der Waals surface area contributed by atoms with Gasteiger partial charge in [0.15, 0.2) is 0 Å². The van der Waals surface area contributed by atoms with E-state index in [9.17, 15) is 34.2 Å². The van der Waals surface area contributed by atoms with Crippen molar-refractivity contribution in [3.8, 4) is 5.75 Å². The zero-order chi connectivity index (χ0) is 25.4. The van der Waals surface area contributed by atoms with Crippen LogP contribution in [0.3, 0.4) is 0 Å². The topological polar surface area (TPSA) is 191 Å². The molecule has 0 radical (unpaired) electrons. The number of carbonyl (C=O) groups excluding carboxylic acids is 4. The van der Waals surface area contributed by atoms with Crippen LogP contribution in [0.2, 0.25) is 0 Å². The SMILES string of the molecule is CC(NC(=O)C(Cc1ccc(O)cc1)NC(=O)C(CC(=O)O)NC(=O)C1CCCN1C)C(N)=O. The summed E-state index contributed by atoms with van der Waals surface area (Å²) in [5.74, 6) is -4.12. The van der Waals surface area contributed by atoms with Gasteiger partial charge in [0.2, 0.25) is 23.6 Å². The number of rotatable bonds is 11. The summed E-state index contributed by atoms with van der Waals surface area (Å²) >= 11 is 0. The normalized spacial score (nSPS) is 18.4. The van der Waals surface area contributed by atoms with Gasteiger partial charge in [0.1, 0.15) is 23.9 Å². The highest BCUT2D eigenvalue weighted by Gasteiger charge is 2.33. The van der Waals surface area contributed by atoms with Crippen LogP contribution < -0.4 is 21.7 Å². The van der Waals surface area contributed by atoms with Crippen molar-refractivity contribution in [2.75, 3.05) is 13.6 Å². The van der Waals surface area contributed by atoms with Gasteiger partial charge in [0, 0.05) is 6.42 Å². The maximum absolute atomic E-state index is 13.0. The quantitative estimate of drug-likeness (QED) is 0.221. The van der Waals surface area contributed by atoms with E-state index in [1.54, 1.807) is 19.2 Å². The molecule has 2 rings (SSSR count). The molecule has 4 atom stereocenters. The highest BCUT2D eigenvalue weighted by atomic mass is 16.4. The van der Waals surface area contributed by atoms with Crippen LogP contribution in [0, 0.1) is 0 Å². The number of carbonyl (C=O) groups is 5. The van der Waals surface area contributed by atoms with Gasteiger partial charge in [-0.3, -0.25) is 28.9 Å². The number of benzene rings is 1. The highest BCUT2D eigenvalue weighted by molar-refractivity contribution is 5.96. The van der Waals surface area contributed by atoms with E-state index in [2.05, 4.69) is 16.0 Å². The third-order valence-electron chi connectivity index (χ3n) is 5.63. The second kappa shape index (κ2) is 12.0. The number of amides is 4. The summed E-state index contributed by atoms with van der Waals surface area (Å²) in [7, 11) is 1.77. The fourth-order valence-corrected chi connectivity index (χ4v) is 3.63. The van der Waals surface area contributed by atoms with Crippen LogP contribution in [-0.4, -0.2) is 82.5 Å². The first kappa shape index (κ1) is 26.6. The number of aromatic hydroxyl groups is 1. The lowest BCUT2D eigenvalue weighted by molar-refractivity contribution is -0.141. The average Bonchev–Trinajstić information content (AvgIpc) is 3.19. The summed E-state index contributed by atoms with van der Waals surface area (Å²) in [5, 5.41) is 26.1. The van der Waals surface area contributed by atoms with Crippen molar-refractivity contribution in [2.24, 2.45) is 5.73 Å². The average molecular weight is 478 g/mol. The Labute approximate surface area is 196 Å². The van der Waals surface area contributed by atoms with Crippen LogP contribution in [0.1, 0.15) is 31.7 Å². The minimum Gasteiger partial charge on any atom is -0.508 e. The highest BCUT2D eigenvalue weighted by Crippen LogP contribution is 2.15. The molecule has 0 aromatic heterocycles. The van der Waals surface area contributed by atoms with E-state index in [0.29, 0.717) is 18.5 Å². The molecule has 7 N–H and O–H groups in total. The number of phenols is 1.